The van der Waals surface area contributed by atoms with Gasteiger partial charge in [-0.2, -0.15) is 11.8 Å². The fraction of sp³-hybridized carbons (Fsp3) is 0.455. The molecule has 3 N–H and O–H groups in total. The second-order valence-corrected chi connectivity index (χ2v) is 4.71. The fourth-order valence-electron chi connectivity index (χ4n) is 1.41. The molecule has 0 aliphatic rings. The molecule has 0 radical (unpaired) electrons. The van der Waals surface area contributed by atoms with Crippen LogP contribution in [0.1, 0.15) is 17.3 Å². The van der Waals surface area contributed by atoms with E-state index in [0.717, 1.165) is 0 Å². The van der Waals surface area contributed by atoms with E-state index in [1.807, 2.05) is 6.26 Å². The molecule has 0 aromatic carbocycles. The Labute approximate surface area is 104 Å². The lowest BCUT2D eigenvalue weighted by atomic mass is 10.2. The maximum absolute atomic E-state index is 11.8. The number of H-pyrrole nitrogens is 1. The number of aromatic amines is 1. The molecule has 2 unspecified atom stereocenters. The third kappa shape index (κ3) is 3.61. The van der Waals surface area contributed by atoms with Crippen LogP contribution in [0.2, 0.25) is 0 Å². The average molecular weight is 256 g/mol. The smallest absolute Gasteiger partial charge is 0.260 e. The summed E-state index contributed by atoms with van der Waals surface area (Å²) in [7, 11) is 0. The van der Waals surface area contributed by atoms with E-state index < -0.39 is 11.5 Å². The van der Waals surface area contributed by atoms with E-state index in [2.05, 4.69) is 10.3 Å². The van der Waals surface area contributed by atoms with Crippen molar-refractivity contribution < 1.29 is 9.90 Å². The number of hydrogen-bond donors (Lipinski definition) is 3. The molecule has 0 bridgehead atoms. The van der Waals surface area contributed by atoms with Crippen LogP contribution >= 0.6 is 11.8 Å². The van der Waals surface area contributed by atoms with Crippen molar-refractivity contribution in [3.05, 3.63) is 34.2 Å². The van der Waals surface area contributed by atoms with Gasteiger partial charge < -0.3 is 15.4 Å². The summed E-state index contributed by atoms with van der Waals surface area (Å²) < 4.78 is 0. The summed E-state index contributed by atoms with van der Waals surface area (Å²) in [6.45, 7) is 1.78. The van der Waals surface area contributed by atoms with Gasteiger partial charge in [-0.05, 0) is 25.3 Å². The largest absolute Gasteiger partial charge is 0.395 e. The van der Waals surface area contributed by atoms with E-state index in [0.29, 0.717) is 0 Å². The van der Waals surface area contributed by atoms with E-state index in [4.69, 9.17) is 5.11 Å². The number of carbonyl (C=O) groups excluding carboxylic acids is 1. The van der Waals surface area contributed by atoms with Crippen LogP contribution in [0.4, 0.5) is 0 Å². The molecule has 0 aliphatic carbocycles. The van der Waals surface area contributed by atoms with Gasteiger partial charge in [-0.3, -0.25) is 9.59 Å². The van der Waals surface area contributed by atoms with Crippen molar-refractivity contribution in [2.45, 2.75) is 18.2 Å². The molecular formula is C11H16N2O3S. The zero-order valence-electron chi connectivity index (χ0n) is 9.77. The van der Waals surface area contributed by atoms with Crippen LogP contribution in [0.5, 0.6) is 0 Å². The van der Waals surface area contributed by atoms with E-state index in [1.54, 1.807) is 13.0 Å². The molecular weight excluding hydrogens is 240 g/mol. The highest BCUT2D eigenvalue weighted by Gasteiger charge is 2.19. The number of aliphatic hydroxyl groups excluding tert-OH is 1. The Balaban J connectivity index is 2.73. The molecule has 6 heteroatoms. The molecule has 1 aromatic rings. The quantitative estimate of drug-likeness (QED) is 0.703. The third-order valence-electron chi connectivity index (χ3n) is 2.46. The van der Waals surface area contributed by atoms with Crippen LogP contribution in [-0.4, -0.2) is 40.2 Å². The van der Waals surface area contributed by atoms with Crippen molar-refractivity contribution >= 4 is 17.7 Å². The predicted octanol–water partition coefficient (Wildman–Crippen LogP) is 0.217. The number of pyridine rings is 1. The Morgan fingerprint density at radius 1 is 1.65 bits per heavy atom. The van der Waals surface area contributed by atoms with Crippen LogP contribution in [-0.2, 0) is 0 Å². The molecule has 17 heavy (non-hydrogen) atoms. The molecule has 5 nitrogen and oxygen atoms in total. The number of aliphatic hydroxyl groups is 1. The summed E-state index contributed by atoms with van der Waals surface area (Å²) in [6, 6.07) is 2.86. The first-order valence-corrected chi connectivity index (χ1v) is 6.51. The van der Waals surface area contributed by atoms with Crippen LogP contribution < -0.4 is 10.9 Å². The monoisotopic (exact) mass is 256 g/mol. The summed E-state index contributed by atoms with van der Waals surface area (Å²) in [6.07, 6.45) is 3.33. The molecule has 1 heterocycles. The number of nitrogens with one attached hydrogen (secondary N) is 2. The van der Waals surface area contributed by atoms with Crippen molar-refractivity contribution in [3.63, 3.8) is 0 Å². The van der Waals surface area contributed by atoms with Gasteiger partial charge in [0.05, 0.1) is 6.61 Å². The van der Waals surface area contributed by atoms with Crippen molar-refractivity contribution in [1.29, 1.82) is 0 Å². The summed E-state index contributed by atoms with van der Waals surface area (Å²) in [5, 5.41) is 11.7. The van der Waals surface area contributed by atoms with E-state index in [1.165, 1.54) is 24.0 Å². The predicted molar refractivity (Wildman–Crippen MR) is 68.4 cm³/mol. The van der Waals surface area contributed by atoms with E-state index in [-0.39, 0.29) is 23.5 Å². The molecule has 1 rings (SSSR count). The molecule has 0 fully saturated rings. The van der Waals surface area contributed by atoms with Crippen LogP contribution in [0.25, 0.3) is 0 Å². The molecule has 0 saturated carbocycles. The van der Waals surface area contributed by atoms with Gasteiger partial charge in [0, 0.05) is 17.5 Å². The number of thioether (sulfide) groups is 1. The summed E-state index contributed by atoms with van der Waals surface area (Å²) in [5.41, 5.74) is -0.334. The number of carbonyl (C=O) groups is 1. The maximum Gasteiger partial charge on any atom is 0.260 e. The fourth-order valence-corrected chi connectivity index (χ4v) is 2.04. The van der Waals surface area contributed by atoms with Crippen molar-refractivity contribution in [3.8, 4) is 0 Å². The maximum atomic E-state index is 11.8. The second-order valence-electron chi connectivity index (χ2n) is 3.63. The Hall–Kier alpha value is -1.27. The van der Waals surface area contributed by atoms with Crippen LogP contribution in [0.3, 0.4) is 0 Å². The van der Waals surface area contributed by atoms with Gasteiger partial charge in [0.25, 0.3) is 11.5 Å². The number of amides is 1. The highest BCUT2D eigenvalue weighted by molar-refractivity contribution is 7.99. The average Bonchev–Trinajstić information content (AvgIpc) is 2.31. The zero-order valence-corrected chi connectivity index (χ0v) is 10.6. The van der Waals surface area contributed by atoms with Gasteiger partial charge in [-0.25, -0.2) is 0 Å². The van der Waals surface area contributed by atoms with Crippen LogP contribution in [0.15, 0.2) is 23.1 Å². The highest BCUT2D eigenvalue weighted by Crippen LogP contribution is 2.10. The van der Waals surface area contributed by atoms with Gasteiger partial charge >= 0.3 is 0 Å². The van der Waals surface area contributed by atoms with Gasteiger partial charge in [-0.1, -0.05) is 0 Å². The minimum absolute atomic E-state index is 0.0201. The zero-order chi connectivity index (χ0) is 12.8. The second kappa shape index (κ2) is 6.46. The molecule has 1 aromatic heterocycles. The normalized spacial score (nSPS) is 14.1. The van der Waals surface area contributed by atoms with E-state index >= 15 is 0 Å². The Bertz CT molecular complexity index is 429. The van der Waals surface area contributed by atoms with Gasteiger partial charge in [0.1, 0.15) is 5.56 Å². The van der Waals surface area contributed by atoms with Crippen LogP contribution in [0, 0.1) is 0 Å². The lowest BCUT2D eigenvalue weighted by Crippen LogP contribution is -2.42. The SMILES string of the molecule is CSC(CO)C(C)NC(=O)c1ccc[nH]c1=O. The highest BCUT2D eigenvalue weighted by atomic mass is 32.2. The lowest BCUT2D eigenvalue weighted by molar-refractivity contribution is 0.0934. The first-order chi connectivity index (χ1) is 8.10. The standard InChI is InChI=1S/C11H16N2O3S/c1-7(9(6-14)17-2)13-11(16)8-4-3-5-12-10(8)15/h3-5,7,9,14H,6H2,1-2H3,(H,12,15)(H,13,16). The summed E-state index contributed by atoms with van der Waals surface area (Å²) >= 11 is 1.47. The molecule has 0 spiro atoms. The molecule has 2 atom stereocenters. The number of rotatable bonds is 5. The molecule has 0 saturated heterocycles. The molecule has 1 amide bonds. The van der Waals surface area contributed by atoms with Gasteiger partial charge in [-0.15, -0.1) is 0 Å². The van der Waals surface area contributed by atoms with Gasteiger partial charge in [0.2, 0.25) is 0 Å². The first-order valence-electron chi connectivity index (χ1n) is 5.22. The summed E-state index contributed by atoms with van der Waals surface area (Å²) in [5.74, 6) is -0.424. The first kappa shape index (κ1) is 13.8. The molecule has 0 aliphatic heterocycles. The summed E-state index contributed by atoms with van der Waals surface area (Å²) in [4.78, 5) is 25.6. The Morgan fingerprint density at radius 3 is 2.88 bits per heavy atom. The number of aromatic nitrogens is 1. The molecule has 94 valence electrons. The Morgan fingerprint density at radius 2 is 2.35 bits per heavy atom. The van der Waals surface area contributed by atoms with E-state index in [9.17, 15) is 9.59 Å². The third-order valence-corrected chi connectivity index (χ3v) is 3.62. The van der Waals surface area contributed by atoms with Crippen molar-refractivity contribution in [1.82, 2.24) is 10.3 Å². The van der Waals surface area contributed by atoms with Gasteiger partial charge in [0.15, 0.2) is 0 Å². The Kier molecular flexibility index (Phi) is 5.24. The minimum atomic E-state index is -0.424. The topological polar surface area (TPSA) is 82.2 Å². The van der Waals surface area contributed by atoms with Crippen molar-refractivity contribution in [2.24, 2.45) is 0 Å². The number of hydrogen-bond acceptors (Lipinski definition) is 4. The van der Waals surface area contributed by atoms with Crippen molar-refractivity contribution in [2.75, 3.05) is 12.9 Å². The minimum Gasteiger partial charge on any atom is -0.395 e. The lowest BCUT2D eigenvalue weighted by Gasteiger charge is -2.21.